The Labute approximate surface area is 175 Å². The van der Waals surface area contributed by atoms with E-state index in [9.17, 15) is 4.79 Å². The maximum Gasteiger partial charge on any atom is 0.260 e. The minimum atomic E-state index is -0.0391. The van der Waals surface area contributed by atoms with Crippen molar-refractivity contribution in [2.24, 2.45) is 0 Å². The molecule has 0 saturated carbocycles. The molecule has 0 saturated heterocycles. The minimum Gasteiger partial charge on any atom is -0.493 e. The van der Waals surface area contributed by atoms with Gasteiger partial charge in [-0.05, 0) is 47.7 Å². The number of benzene rings is 2. The number of methoxy groups -OCH3 is 2. The molecule has 0 spiro atoms. The maximum absolute atomic E-state index is 12.8. The highest BCUT2D eigenvalue weighted by molar-refractivity contribution is 7.09. The van der Waals surface area contributed by atoms with E-state index >= 15 is 0 Å². The molecule has 0 N–H and O–H groups in total. The summed E-state index contributed by atoms with van der Waals surface area (Å²) >= 11 is 1.64. The molecule has 0 radical (unpaired) electrons. The standard InChI is InChI=1S/C23H25NO4S/c1-26-21-11-10-18(15-22(21)27-2)12-13-24(16-20-9-6-14-29-20)23(25)17-28-19-7-4-3-5-8-19/h3-11,14-15H,12-13,16-17H2,1-2H3. The van der Waals surface area contributed by atoms with Gasteiger partial charge in [-0.15, -0.1) is 11.3 Å². The molecule has 0 aliphatic heterocycles. The first kappa shape index (κ1) is 20.7. The van der Waals surface area contributed by atoms with Crippen molar-refractivity contribution in [3.8, 4) is 17.2 Å². The van der Waals surface area contributed by atoms with Gasteiger partial charge in [0.05, 0.1) is 20.8 Å². The van der Waals surface area contributed by atoms with Crippen LogP contribution in [0.2, 0.25) is 0 Å². The second-order valence-corrected chi connectivity index (χ2v) is 7.47. The maximum atomic E-state index is 12.8. The van der Waals surface area contributed by atoms with Gasteiger partial charge in [-0.25, -0.2) is 0 Å². The fourth-order valence-corrected chi connectivity index (χ4v) is 3.66. The summed E-state index contributed by atoms with van der Waals surface area (Å²) in [6.07, 6.45) is 0.711. The molecule has 3 rings (SSSR count). The molecule has 1 heterocycles. The van der Waals surface area contributed by atoms with Gasteiger partial charge in [0.1, 0.15) is 5.75 Å². The normalized spacial score (nSPS) is 10.4. The Balaban J connectivity index is 1.65. The number of para-hydroxylation sites is 1. The number of nitrogens with zero attached hydrogens (tertiary/aromatic N) is 1. The van der Waals surface area contributed by atoms with Crippen LogP contribution >= 0.6 is 11.3 Å². The second kappa shape index (κ2) is 10.5. The molecule has 0 aliphatic carbocycles. The summed E-state index contributed by atoms with van der Waals surface area (Å²) in [5.41, 5.74) is 1.08. The molecule has 0 fully saturated rings. The molecule has 5 nitrogen and oxygen atoms in total. The van der Waals surface area contributed by atoms with Crippen LogP contribution in [0, 0.1) is 0 Å². The highest BCUT2D eigenvalue weighted by atomic mass is 32.1. The Kier molecular flexibility index (Phi) is 7.53. The van der Waals surface area contributed by atoms with Crippen molar-refractivity contribution in [1.82, 2.24) is 4.90 Å². The zero-order valence-electron chi connectivity index (χ0n) is 16.7. The fourth-order valence-electron chi connectivity index (χ4n) is 2.94. The summed E-state index contributed by atoms with van der Waals surface area (Å²) in [5, 5.41) is 2.02. The molecule has 1 amide bonds. The Morgan fingerprint density at radius 3 is 2.45 bits per heavy atom. The van der Waals surface area contributed by atoms with Crippen LogP contribution in [0.1, 0.15) is 10.4 Å². The Morgan fingerprint density at radius 1 is 0.966 bits per heavy atom. The molecular weight excluding hydrogens is 386 g/mol. The van der Waals surface area contributed by atoms with Crippen molar-refractivity contribution in [3.63, 3.8) is 0 Å². The third-order valence-electron chi connectivity index (χ3n) is 4.50. The molecule has 152 valence electrons. The van der Waals surface area contributed by atoms with Crippen molar-refractivity contribution in [2.45, 2.75) is 13.0 Å². The second-order valence-electron chi connectivity index (χ2n) is 6.44. The predicted octanol–water partition coefficient (Wildman–Crippen LogP) is 4.42. The zero-order valence-corrected chi connectivity index (χ0v) is 17.5. The molecule has 1 aromatic heterocycles. The monoisotopic (exact) mass is 411 g/mol. The number of thiophene rings is 1. The molecule has 0 bridgehead atoms. The number of rotatable bonds is 10. The minimum absolute atomic E-state index is 0.0152. The van der Waals surface area contributed by atoms with E-state index in [-0.39, 0.29) is 12.5 Å². The lowest BCUT2D eigenvalue weighted by atomic mass is 10.1. The quantitative estimate of drug-likeness (QED) is 0.496. The van der Waals surface area contributed by atoms with Gasteiger partial charge in [-0.2, -0.15) is 0 Å². The van der Waals surface area contributed by atoms with E-state index < -0.39 is 0 Å². The van der Waals surface area contributed by atoms with Crippen LogP contribution in [0.4, 0.5) is 0 Å². The van der Waals surface area contributed by atoms with E-state index in [0.717, 1.165) is 10.4 Å². The van der Waals surface area contributed by atoms with Gasteiger partial charge in [0.25, 0.3) is 5.91 Å². The summed E-state index contributed by atoms with van der Waals surface area (Å²) in [7, 11) is 3.24. The van der Waals surface area contributed by atoms with E-state index in [0.29, 0.717) is 36.8 Å². The van der Waals surface area contributed by atoms with Crippen LogP contribution in [0.15, 0.2) is 66.0 Å². The summed E-state index contributed by atoms with van der Waals surface area (Å²) in [5.74, 6) is 2.03. The van der Waals surface area contributed by atoms with Crippen LogP contribution in [0.25, 0.3) is 0 Å². The van der Waals surface area contributed by atoms with Crippen molar-refractivity contribution < 1.29 is 19.0 Å². The summed E-state index contributed by atoms with van der Waals surface area (Å²) in [6, 6.07) is 19.3. The van der Waals surface area contributed by atoms with Crippen molar-refractivity contribution in [3.05, 3.63) is 76.5 Å². The van der Waals surface area contributed by atoms with Crippen LogP contribution in [0.5, 0.6) is 17.2 Å². The van der Waals surface area contributed by atoms with Gasteiger partial charge in [0.2, 0.25) is 0 Å². The van der Waals surface area contributed by atoms with Gasteiger partial charge in [0, 0.05) is 11.4 Å². The first-order valence-electron chi connectivity index (χ1n) is 9.38. The molecule has 2 aromatic carbocycles. The first-order chi connectivity index (χ1) is 14.2. The average molecular weight is 412 g/mol. The lowest BCUT2D eigenvalue weighted by molar-refractivity contribution is -0.133. The smallest absolute Gasteiger partial charge is 0.260 e. The van der Waals surface area contributed by atoms with Crippen LogP contribution < -0.4 is 14.2 Å². The van der Waals surface area contributed by atoms with E-state index in [1.807, 2.05) is 70.9 Å². The third kappa shape index (κ3) is 5.99. The molecule has 29 heavy (non-hydrogen) atoms. The van der Waals surface area contributed by atoms with E-state index in [1.165, 1.54) is 0 Å². The number of hydrogen-bond acceptors (Lipinski definition) is 5. The topological polar surface area (TPSA) is 48.0 Å². The summed E-state index contributed by atoms with van der Waals surface area (Å²) < 4.78 is 16.3. The lowest BCUT2D eigenvalue weighted by Crippen LogP contribution is -2.35. The van der Waals surface area contributed by atoms with Crippen LogP contribution in [0.3, 0.4) is 0 Å². The lowest BCUT2D eigenvalue weighted by Gasteiger charge is -2.22. The number of carbonyl (C=O) groups excluding carboxylic acids is 1. The number of carbonyl (C=O) groups is 1. The average Bonchev–Trinajstić information content (AvgIpc) is 3.28. The molecule has 6 heteroatoms. The van der Waals surface area contributed by atoms with Gasteiger partial charge in [-0.1, -0.05) is 30.3 Å². The van der Waals surface area contributed by atoms with Crippen molar-refractivity contribution >= 4 is 17.2 Å². The van der Waals surface area contributed by atoms with Crippen LogP contribution in [-0.2, 0) is 17.8 Å². The van der Waals surface area contributed by atoms with Crippen LogP contribution in [-0.4, -0.2) is 38.2 Å². The Bertz CT molecular complexity index is 897. The van der Waals surface area contributed by atoms with E-state index in [4.69, 9.17) is 14.2 Å². The number of ether oxygens (including phenoxy) is 3. The predicted molar refractivity (Wildman–Crippen MR) is 115 cm³/mol. The Morgan fingerprint density at radius 2 is 1.76 bits per heavy atom. The van der Waals surface area contributed by atoms with Gasteiger partial charge in [0.15, 0.2) is 18.1 Å². The van der Waals surface area contributed by atoms with Gasteiger partial charge >= 0.3 is 0 Å². The van der Waals surface area contributed by atoms with Gasteiger partial charge in [-0.3, -0.25) is 4.79 Å². The molecule has 0 unspecified atom stereocenters. The van der Waals surface area contributed by atoms with Gasteiger partial charge < -0.3 is 19.1 Å². The third-order valence-corrected chi connectivity index (χ3v) is 5.36. The first-order valence-corrected chi connectivity index (χ1v) is 10.3. The molecular formula is C23H25NO4S. The van der Waals surface area contributed by atoms with Crippen molar-refractivity contribution in [2.75, 3.05) is 27.4 Å². The largest absolute Gasteiger partial charge is 0.493 e. The molecule has 0 aliphatic rings. The Hall–Kier alpha value is -2.99. The molecule has 0 atom stereocenters. The summed E-state index contributed by atoms with van der Waals surface area (Å²) in [4.78, 5) is 15.8. The van der Waals surface area contributed by atoms with E-state index in [2.05, 4.69) is 0 Å². The zero-order chi connectivity index (χ0) is 20.5. The highest BCUT2D eigenvalue weighted by Gasteiger charge is 2.16. The SMILES string of the molecule is COc1ccc(CCN(Cc2cccs2)C(=O)COc2ccccc2)cc1OC. The summed E-state index contributed by atoms with van der Waals surface area (Å²) in [6.45, 7) is 1.17. The fraction of sp³-hybridized carbons (Fsp3) is 0.261. The van der Waals surface area contributed by atoms with E-state index in [1.54, 1.807) is 25.6 Å². The number of amides is 1. The molecule has 3 aromatic rings. The number of hydrogen-bond donors (Lipinski definition) is 0. The highest BCUT2D eigenvalue weighted by Crippen LogP contribution is 2.27. The van der Waals surface area contributed by atoms with Crippen molar-refractivity contribution in [1.29, 1.82) is 0 Å².